The average molecular weight is 390 g/mol. The van der Waals surface area contributed by atoms with Crippen LogP contribution in [0.4, 0.5) is 4.79 Å². The van der Waals surface area contributed by atoms with Crippen LogP contribution in [0.15, 0.2) is 18.2 Å². The molecule has 6 heteroatoms. The number of likely N-dealkylation sites (tertiary alicyclic amines) is 1. The molecule has 156 valence electrons. The molecule has 3 rings (SSSR count). The number of amides is 2. The van der Waals surface area contributed by atoms with Gasteiger partial charge in [0.2, 0.25) is 0 Å². The highest BCUT2D eigenvalue weighted by Crippen LogP contribution is 2.31. The Hall–Kier alpha value is -1.95. The zero-order chi connectivity index (χ0) is 19.9. The van der Waals surface area contributed by atoms with Crippen molar-refractivity contribution in [3.63, 3.8) is 0 Å². The van der Waals surface area contributed by atoms with Gasteiger partial charge in [0.05, 0.1) is 19.8 Å². The van der Waals surface area contributed by atoms with Crippen LogP contribution in [0.1, 0.15) is 64.0 Å². The number of hydrogen-bond donors (Lipinski definition) is 2. The molecule has 2 amide bonds. The van der Waals surface area contributed by atoms with Crippen LogP contribution in [0.2, 0.25) is 0 Å². The summed E-state index contributed by atoms with van der Waals surface area (Å²) in [6.07, 6.45) is 6.88. The van der Waals surface area contributed by atoms with Gasteiger partial charge in [0, 0.05) is 25.2 Å². The van der Waals surface area contributed by atoms with E-state index >= 15 is 0 Å². The third kappa shape index (κ3) is 5.77. The van der Waals surface area contributed by atoms with E-state index in [-0.39, 0.29) is 18.1 Å². The van der Waals surface area contributed by atoms with E-state index < -0.39 is 0 Å². The molecule has 1 aliphatic carbocycles. The molecule has 2 aliphatic rings. The van der Waals surface area contributed by atoms with E-state index in [1.165, 1.54) is 12.8 Å². The molecule has 28 heavy (non-hydrogen) atoms. The lowest BCUT2D eigenvalue weighted by Gasteiger charge is -2.32. The topological polar surface area (TPSA) is 62.8 Å². The highest BCUT2D eigenvalue weighted by Gasteiger charge is 2.32. The molecule has 6 nitrogen and oxygen atoms in total. The van der Waals surface area contributed by atoms with Crippen LogP contribution in [-0.4, -0.2) is 49.8 Å². The van der Waals surface area contributed by atoms with Crippen LogP contribution in [0.3, 0.4) is 0 Å². The maximum absolute atomic E-state index is 12.4. The van der Waals surface area contributed by atoms with Crippen LogP contribution < -0.4 is 20.1 Å². The first kappa shape index (κ1) is 20.8. The van der Waals surface area contributed by atoms with Crippen LogP contribution in [0.5, 0.6) is 11.5 Å². The summed E-state index contributed by atoms with van der Waals surface area (Å²) in [6.45, 7) is 7.01. The monoisotopic (exact) mass is 389 g/mol. The second-order valence-corrected chi connectivity index (χ2v) is 7.99. The Morgan fingerprint density at radius 3 is 2.61 bits per heavy atom. The Morgan fingerprint density at radius 2 is 1.96 bits per heavy atom. The van der Waals surface area contributed by atoms with Gasteiger partial charge in [-0.25, -0.2) is 4.79 Å². The summed E-state index contributed by atoms with van der Waals surface area (Å²) in [4.78, 5) is 15.0. The summed E-state index contributed by atoms with van der Waals surface area (Å²) >= 11 is 0. The molecule has 2 N–H and O–H groups in total. The third-order valence-electron chi connectivity index (χ3n) is 5.72. The molecular formula is C22H35N3O3. The Bertz CT molecular complexity index is 640. The minimum absolute atomic E-state index is 0.0976. The van der Waals surface area contributed by atoms with E-state index in [2.05, 4.69) is 22.5 Å². The Labute approximate surface area is 169 Å². The number of carbonyl (C=O) groups excluding carboxylic acids is 1. The van der Waals surface area contributed by atoms with Crippen LogP contribution in [-0.2, 0) is 0 Å². The average Bonchev–Trinajstić information content (AvgIpc) is 3.54. The zero-order valence-corrected chi connectivity index (χ0v) is 17.5. The van der Waals surface area contributed by atoms with E-state index in [9.17, 15) is 4.79 Å². The number of unbranched alkanes of at least 4 members (excludes halogenated alkanes) is 1. The maximum Gasteiger partial charge on any atom is 0.315 e. The minimum Gasteiger partial charge on any atom is -0.493 e. The van der Waals surface area contributed by atoms with E-state index in [0.29, 0.717) is 12.4 Å². The quantitative estimate of drug-likeness (QED) is 0.630. The smallest absolute Gasteiger partial charge is 0.315 e. The summed E-state index contributed by atoms with van der Waals surface area (Å²) in [6, 6.07) is 6.74. The first-order valence-electron chi connectivity index (χ1n) is 10.7. The normalized spacial score (nSPS) is 19.1. The number of hydrogen-bond acceptors (Lipinski definition) is 4. The lowest BCUT2D eigenvalue weighted by Crippen LogP contribution is -2.48. The Kier molecular flexibility index (Phi) is 7.43. The SMILES string of the molecule is CCCCOc1ccc(C(C)NC(=O)NC2CCN(C3CC3)CC2)cc1OC. The van der Waals surface area contributed by atoms with E-state index in [4.69, 9.17) is 9.47 Å². The number of benzene rings is 1. The highest BCUT2D eigenvalue weighted by atomic mass is 16.5. The van der Waals surface area contributed by atoms with Crippen molar-refractivity contribution in [1.29, 1.82) is 0 Å². The molecule has 1 saturated heterocycles. The standard InChI is InChI=1S/C22H35N3O3/c1-4-5-14-28-20-9-6-17(15-21(20)27-3)16(2)23-22(26)24-18-10-12-25(13-11-18)19-7-8-19/h6,9,15-16,18-19H,4-5,7-8,10-14H2,1-3H3,(H2,23,24,26). The molecule has 0 spiro atoms. The first-order valence-corrected chi connectivity index (χ1v) is 10.7. The summed E-state index contributed by atoms with van der Waals surface area (Å²) in [5.41, 5.74) is 0.999. The van der Waals surface area contributed by atoms with Crippen molar-refractivity contribution in [2.75, 3.05) is 26.8 Å². The van der Waals surface area contributed by atoms with Gasteiger partial charge >= 0.3 is 6.03 Å². The van der Waals surface area contributed by atoms with Gasteiger partial charge < -0.3 is 25.0 Å². The van der Waals surface area contributed by atoms with Crippen molar-refractivity contribution in [1.82, 2.24) is 15.5 Å². The van der Waals surface area contributed by atoms with Crippen LogP contribution in [0.25, 0.3) is 0 Å². The van der Waals surface area contributed by atoms with Crippen molar-refractivity contribution in [3.05, 3.63) is 23.8 Å². The Balaban J connectivity index is 1.47. The minimum atomic E-state index is -0.106. The number of nitrogens with zero attached hydrogens (tertiary/aromatic N) is 1. The van der Waals surface area contributed by atoms with E-state index in [0.717, 1.165) is 56.1 Å². The molecule has 2 fully saturated rings. The summed E-state index contributed by atoms with van der Waals surface area (Å²) < 4.78 is 11.3. The van der Waals surface area contributed by atoms with E-state index in [1.54, 1.807) is 7.11 Å². The molecule has 1 aromatic rings. The number of methoxy groups -OCH3 is 1. The molecule has 0 bridgehead atoms. The number of carbonyl (C=O) groups is 1. The predicted octanol–water partition coefficient (Wildman–Crippen LogP) is 3.86. The molecule has 1 unspecified atom stereocenters. The second kappa shape index (κ2) is 10.0. The van der Waals surface area contributed by atoms with Gasteiger partial charge in [-0.15, -0.1) is 0 Å². The third-order valence-corrected chi connectivity index (χ3v) is 5.72. The van der Waals surface area contributed by atoms with E-state index in [1.807, 2.05) is 25.1 Å². The number of urea groups is 1. The summed E-state index contributed by atoms with van der Waals surface area (Å²) in [7, 11) is 1.64. The molecule has 1 aromatic carbocycles. The van der Waals surface area contributed by atoms with Crippen molar-refractivity contribution < 1.29 is 14.3 Å². The van der Waals surface area contributed by atoms with Crippen molar-refractivity contribution in [2.45, 2.75) is 70.5 Å². The highest BCUT2D eigenvalue weighted by molar-refractivity contribution is 5.74. The lowest BCUT2D eigenvalue weighted by molar-refractivity contribution is 0.185. The van der Waals surface area contributed by atoms with Gasteiger partial charge in [0.1, 0.15) is 0 Å². The summed E-state index contributed by atoms with van der Waals surface area (Å²) in [5, 5.41) is 6.19. The predicted molar refractivity (Wildman–Crippen MR) is 111 cm³/mol. The van der Waals surface area contributed by atoms with Gasteiger partial charge in [0.25, 0.3) is 0 Å². The van der Waals surface area contributed by atoms with Gasteiger partial charge in [0.15, 0.2) is 11.5 Å². The van der Waals surface area contributed by atoms with Crippen molar-refractivity contribution in [2.24, 2.45) is 0 Å². The number of ether oxygens (including phenoxy) is 2. The maximum atomic E-state index is 12.4. The zero-order valence-electron chi connectivity index (χ0n) is 17.5. The van der Waals surface area contributed by atoms with Crippen LogP contribution in [0, 0.1) is 0 Å². The number of rotatable bonds is 9. The van der Waals surface area contributed by atoms with Gasteiger partial charge in [-0.1, -0.05) is 19.4 Å². The van der Waals surface area contributed by atoms with Crippen LogP contribution >= 0.6 is 0 Å². The lowest BCUT2D eigenvalue weighted by atomic mass is 10.0. The van der Waals surface area contributed by atoms with Gasteiger partial charge in [-0.3, -0.25) is 0 Å². The molecule has 1 saturated carbocycles. The fourth-order valence-electron chi connectivity index (χ4n) is 3.75. The van der Waals surface area contributed by atoms with Crippen molar-refractivity contribution >= 4 is 6.03 Å². The summed E-state index contributed by atoms with van der Waals surface area (Å²) in [5.74, 6) is 1.45. The fraction of sp³-hybridized carbons (Fsp3) is 0.682. The van der Waals surface area contributed by atoms with Crippen molar-refractivity contribution in [3.8, 4) is 11.5 Å². The number of piperidine rings is 1. The molecule has 1 aliphatic heterocycles. The van der Waals surface area contributed by atoms with Gasteiger partial charge in [-0.2, -0.15) is 0 Å². The fourth-order valence-corrected chi connectivity index (χ4v) is 3.75. The molecule has 0 aromatic heterocycles. The van der Waals surface area contributed by atoms with Gasteiger partial charge in [-0.05, 0) is 56.7 Å². The molecule has 1 heterocycles. The Morgan fingerprint density at radius 1 is 1.21 bits per heavy atom. The largest absolute Gasteiger partial charge is 0.493 e. The second-order valence-electron chi connectivity index (χ2n) is 7.99. The number of nitrogens with one attached hydrogen (secondary N) is 2. The molecular weight excluding hydrogens is 354 g/mol. The molecule has 0 radical (unpaired) electrons. The first-order chi connectivity index (χ1) is 13.6. The molecule has 1 atom stereocenters.